The zero-order valence-corrected chi connectivity index (χ0v) is 18.3. The van der Waals surface area contributed by atoms with Gasteiger partial charge >= 0.3 is 0 Å². The van der Waals surface area contributed by atoms with E-state index >= 15 is 0 Å². The first-order valence-corrected chi connectivity index (χ1v) is 12.4. The van der Waals surface area contributed by atoms with E-state index in [2.05, 4.69) is 5.10 Å². The van der Waals surface area contributed by atoms with Crippen LogP contribution in [0.4, 0.5) is 5.69 Å². The van der Waals surface area contributed by atoms with Crippen molar-refractivity contribution in [1.82, 2.24) is 5.01 Å². The van der Waals surface area contributed by atoms with Crippen LogP contribution in [0.15, 0.2) is 86.7 Å². The second-order valence-corrected chi connectivity index (χ2v) is 10.4. The van der Waals surface area contributed by atoms with E-state index in [1.54, 1.807) is 54.0 Å². The van der Waals surface area contributed by atoms with Crippen LogP contribution < -0.4 is 4.31 Å². The lowest BCUT2D eigenvalue weighted by Gasteiger charge is -2.24. The SMILES string of the molecule is O=C(CN1c2cccc3cccc(c23)S1(=O)=O)N1N=C(c2cccs2)C[C@@H]1c1ccco1. The molecular weight excluding hydrogens is 446 g/mol. The predicted molar refractivity (Wildman–Crippen MR) is 122 cm³/mol. The van der Waals surface area contributed by atoms with Crippen LogP contribution in [0.2, 0.25) is 0 Å². The Kier molecular flexibility index (Phi) is 4.24. The number of anilines is 1. The molecule has 1 atom stereocenters. The summed E-state index contributed by atoms with van der Waals surface area (Å²) in [5, 5.41) is 9.38. The maximum atomic E-state index is 13.5. The fourth-order valence-corrected chi connectivity index (χ4v) is 6.74. The second kappa shape index (κ2) is 7.04. The Morgan fingerprint density at radius 2 is 1.94 bits per heavy atom. The highest BCUT2D eigenvalue weighted by Gasteiger charge is 2.41. The maximum Gasteiger partial charge on any atom is 0.265 e. The number of sulfonamides is 1. The summed E-state index contributed by atoms with van der Waals surface area (Å²) < 4.78 is 33.3. The summed E-state index contributed by atoms with van der Waals surface area (Å²) in [6, 6.07) is 17.6. The van der Waals surface area contributed by atoms with Crippen molar-refractivity contribution in [2.75, 3.05) is 10.8 Å². The van der Waals surface area contributed by atoms with E-state index in [9.17, 15) is 13.2 Å². The normalized spacial score (nSPS) is 19.0. The Balaban J connectivity index is 1.38. The molecule has 0 unspecified atom stereocenters. The number of amides is 1. The first-order chi connectivity index (χ1) is 15.5. The molecule has 0 radical (unpaired) electrons. The van der Waals surface area contributed by atoms with Crippen molar-refractivity contribution in [2.45, 2.75) is 17.4 Å². The molecule has 6 rings (SSSR count). The highest BCUT2D eigenvalue weighted by molar-refractivity contribution is 7.93. The molecule has 2 aliphatic heterocycles. The molecule has 7 nitrogen and oxygen atoms in total. The number of thiophene rings is 1. The van der Waals surface area contributed by atoms with Gasteiger partial charge in [-0.3, -0.25) is 9.10 Å². The van der Waals surface area contributed by atoms with Gasteiger partial charge in [0.15, 0.2) is 0 Å². The number of rotatable bonds is 4. The van der Waals surface area contributed by atoms with Crippen LogP contribution in [0.3, 0.4) is 0 Å². The van der Waals surface area contributed by atoms with Crippen molar-refractivity contribution in [3.63, 3.8) is 0 Å². The molecule has 4 aromatic rings. The van der Waals surface area contributed by atoms with Gasteiger partial charge in [0.2, 0.25) is 0 Å². The van der Waals surface area contributed by atoms with Gasteiger partial charge in [0.25, 0.3) is 15.9 Å². The Labute approximate surface area is 188 Å². The van der Waals surface area contributed by atoms with E-state index in [1.807, 2.05) is 29.6 Å². The lowest BCUT2D eigenvalue weighted by Crippen LogP contribution is -2.39. The molecule has 0 saturated carbocycles. The third-order valence-electron chi connectivity index (χ3n) is 5.80. The number of hydrazone groups is 1. The van der Waals surface area contributed by atoms with E-state index in [-0.39, 0.29) is 11.4 Å². The van der Waals surface area contributed by atoms with Crippen LogP contribution in [-0.2, 0) is 14.8 Å². The fourth-order valence-electron chi connectivity index (χ4n) is 4.36. The minimum Gasteiger partial charge on any atom is -0.467 e. The van der Waals surface area contributed by atoms with Gasteiger partial charge in [-0.15, -0.1) is 11.3 Å². The summed E-state index contributed by atoms with van der Waals surface area (Å²) in [6.07, 6.45) is 2.06. The van der Waals surface area contributed by atoms with Gasteiger partial charge in [0.1, 0.15) is 18.3 Å². The van der Waals surface area contributed by atoms with Crippen LogP contribution in [0, 0.1) is 0 Å². The molecule has 160 valence electrons. The number of hydrogen-bond donors (Lipinski definition) is 0. The van der Waals surface area contributed by atoms with E-state index in [1.165, 1.54) is 9.31 Å². The topological polar surface area (TPSA) is 83.2 Å². The highest BCUT2D eigenvalue weighted by atomic mass is 32.2. The largest absolute Gasteiger partial charge is 0.467 e. The molecule has 0 N–H and O–H groups in total. The quantitative estimate of drug-likeness (QED) is 0.450. The van der Waals surface area contributed by atoms with Crippen LogP contribution in [0.25, 0.3) is 10.8 Å². The highest BCUT2D eigenvalue weighted by Crippen LogP contribution is 2.42. The average molecular weight is 464 g/mol. The molecule has 0 aliphatic carbocycles. The molecule has 32 heavy (non-hydrogen) atoms. The zero-order valence-electron chi connectivity index (χ0n) is 16.7. The van der Waals surface area contributed by atoms with Gasteiger partial charge in [-0.1, -0.05) is 30.3 Å². The van der Waals surface area contributed by atoms with Gasteiger partial charge in [0.05, 0.1) is 27.4 Å². The first-order valence-electron chi connectivity index (χ1n) is 10.1. The number of benzene rings is 2. The molecule has 0 bridgehead atoms. The predicted octanol–water partition coefficient (Wildman–Crippen LogP) is 4.38. The third kappa shape index (κ3) is 2.81. The molecule has 2 aromatic carbocycles. The number of nitrogens with zero attached hydrogens (tertiary/aromatic N) is 3. The molecule has 9 heteroatoms. The summed E-state index contributed by atoms with van der Waals surface area (Å²) in [5.74, 6) is 0.203. The maximum absolute atomic E-state index is 13.5. The lowest BCUT2D eigenvalue weighted by molar-refractivity contribution is -0.131. The molecule has 1 amide bonds. The third-order valence-corrected chi connectivity index (χ3v) is 8.52. The van der Waals surface area contributed by atoms with Crippen LogP contribution in [0.1, 0.15) is 23.1 Å². The number of hydrogen-bond acceptors (Lipinski definition) is 6. The smallest absolute Gasteiger partial charge is 0.265 e. The van der Waals surface area contributed by atoms with Crippen molar-refractivity contribution in [1.29, 1.82) is 0 Å². The van der Waals surface area contributed by atoms with Crippen LogP contribution in [0.5, 0.6) is 0 Å². The number of furan rings is 1. The van der Waals surface area contributed by atoms with Gasteiger partial charge in [-0.05, 0) is 41.1 Å². The molecular formula is C23H17N3O4S2. The minimum atomic E-state index is -3.84. The molecule has 2 aromatic heterocycles. The Hall–Kier alpha value is -3.43. The number of carbonyl (C=O) groups excluding carboxylic acids is 1. The molecule has 0 saturated heterocycles. The van der Waals surface area contributed by atoms with Crippen LogP contribution in [-0.4, -0.2) is 31.6 Å². The van der Waals surface area contributed by atoms with Crippen molar-refractivity contribution in [3.05, 3.63) is 82.9 Å². The second-order valence-electron chi connectivity index (χ2n) is 7.64. The minimum absolute atomic E-state index is 0.227. The van der Waals surface area contributed by atoms with Crippen molar-refractivity contribution in [2.24, 2.45) is 5.10 Å². The van der Waals surface area contributed by atoms with Gasteiger partial charge in [-0.25, -0.2) is 13.4 Å². The Morgan fingerprint density at radius 1 is 1.09 bits per heavy atom. The molecule has 0 fully saturated rings. The van der Waals surface area contributed by atoms with Crippen molar-refractivity contribution >= 4 is 49.4 Å². The summed E-state index contributed by atoms with van der Waals surface area (Å²) in [6.45, 7) is -0.339. The molecule has 0 spiro atoms. The Morgan fingerprint density at radius 3 is 2.69 bits per heavy atom. The summed E-state index contributed by atoms with van der Waals surface area (Å²) in [4.78, 5) is 14.7. The van der Waals surface area contributed by atoms with Crippen molar-refractivity contribution in [3.8, 4) is 0 Å². The van der Waals surface area contributed by atoms with Gasteiger partial charge < -0.3 is 4.42 Å². The summed E-state index contributed by atoms with van der Waals surface area (Å²) >= 11 is 1.55. The number of carbonyl (C=O) groups is 1. The average Bonchev–Trinajstić information content (AvgIpc) is 3.57. The van der Waals surface area contributed by atoms with E-state index < -0.39 is 22.0 Å². The van der Waals surface area contributed by atoms with Crippen molar-refractivity contribution < 1.29 is 17.6 Å². The Bertz CT molecular complexity index is 1470. The van der Waals surface area contributed by atoms with Gasteiger partial charge in [0, 0.05) is 11.8 Å². The van der Waals surface area contributed by atoms with Crippen LogP contribution >= 0.6 is 11.3 Å². The molecule has 4 heterocycles. The fraction of sp³-hybridized carbons (Fsp3) is 0.130. The van der Waals surface area contributed by atoms with Gasteiger partial charge in [-0.2, -0.15) is 5.10 Å². The van der Waals surface area contributed by atoms with E-state index in [0.29, 0.717) is 23.3 Å². The van der Waals surface area contributed by atoms with E-state index in [0.717, 1.165) is 16.0 Å². The monoisotopic (exact) mass is 463 g/mol. The zero-order chi connectivity index (χ0) is 21.9. The summed E-state index contributed by atoms with van der Waals surface area (Å²) in [7, 11) is -3.84. The summed E-state index contributed by atoms with van der Waals surface area (Å²) in [5.41, 5.74) is 1.30. The van der Waals surface area contributed by atoms with E-state index in [4.69, 9.17) is 4.42 Å². The first kappa shape index (κ1) is 19.3. The standard InChI is InChI=1S/C23H17N3O4S2/c27-22(14-25-17-7-1-5-15-6-2-10-21(23(15)17)32(25,28)29)26-18(19-8-3-11-30-19)13-16(24-26)20-9-4-12-31-20/h1-12,18H,13-14H2/t18-/m1/s1. The molecule has 2 aliphatic rings. The lowest BCUT2D eigenvalue weighted by atomic mass is 10.1.